The molecule has 4 rings (SSSR count). The molecule has 2 aromatic rings. The number of nitrogens with zero attached hydrogens (tertiary/aromatic N) is 2. The fourth-order valence-electron chi connectivity index (χ4n) is 3.60. The van der Waals surface area contributed by atoms with Gasteiger partial charge in [0.05, 0.1) is 0 Å². The van der Waals surface area contributed by atoms with Crippen LogP contribution in [-0.4, -0.2) is 41.5 Å². The number of carbonyl (C=O) groups excluding carboxylic acids is 1. The second-order valence-electron chi connectivity index (χ2n) is 6.28. The molecule has 4 heterocycles. The van der Waals surface area contributed by atoms with Gasteiger partial charge in [0, 0.05) is 40.3 Å². The number of nitrogens with one attached hydrogen (secondary N) is 1. The molecule has 2 fully saturated rings. The Balaban J connectivity index is 1.51. The van der Waals surface area contributed by atoms with E-state index >= 15 is 0 Å². The lowest BCUT2D eigenvalue weighted by Crippen LogP contribution is -2.47. The Kier molecular flexibility index (Phi) is 3.47. The fraction of sp³-hybridized carbons (Fsp3) is 0.412. The Bertz CT molecular complexity index is 727. The molecule has 114 valence electrons. The van der Waals surface area contributed by atoms with Gasteiger partial charge in [-0.25, -0.2) is 0 Å². The second kappa shape index (κ2) is 5.48. The van der Waals surface area contributed by atoms with Crippen LogP contribution in [0.15, 0.2) is 24.9 Å². The van der Waals surface area contributed by atoms with Crippen LogP contribution in [-0.2, 0) is 0 Å². The van der Waals surface area contributed by atoms with Crippen molar-refractivity contribution in [1.29, 1.82) is 0 Å². The first-order chi connectivity index (χ1) is 10.7. The van der Waals surface area contributed by atoms with Crippen molar-refractivity contribution >= 4 is 33.4 Å². The Labute approximate surface area is 133 Å². The highest BCUT2D eigenvalue weighted by Gasteiger charge is 2.33. The number of pyridine rings is 1. The average Bonchev–Trinajstić information content (AvgIpc) is 3.09. The van der Waals surface area contributed by atoms with E-state index in [0.717, 1.165) is 33.8 Å². The smallest absolute Gasteiger partial charge is 0.270 e. The lowest BCUT2D eigenvalue weighted by molar-refractivity contribution is 0.0904. The number of thiophene rings is 1. The molecule has 2 aliphatic heterocycles. The molecule has 2 bridgehead atoms. The zero-order chi connectivity index (χ0) is 15.1. The van der Waals surface area contributed by atoms with Crippen LogP contribution < -0.4 is 5.32 Å². The van der Waals surface area contributed by atoms with Crippen LogP contribution >= 0.6 is 11.3 Å². The van der Waals surface area contributed by atoms with Gasteiger partial charge in [-0.05, 0) is 37.4 Å². The predicted molar refractivity (Wildman–Crippen MR) is 90.1 cm³/mol. The molecular formula is C17H19N3OS. The van der Waals surface area contributed by atoms with E-state index in [-0.39, 0.29) is 11.9 Å². The minimum absolute atomic E-state index is 0.0528. The van der Waals surface area contributed by atoms with Crippen molar-refractivity contribution in [3.05, 3.63) is 35.5 Å². The van der Waals surface area contributed by atoms with Gasteiger partial charge >= 0.3 is 0 Å². The summed E-state index contributed by atoms with van der Waals surface area (Å²) in [5.41, 5.74) is 0.512. The number of piperidine rings is 1. The third-order valence-electron chi connectivity index (χ3n) is 4.66. The lowest BCUT2D eigenvalue weighted by Gasteiger charge is -2.30. The summed E-state index contributed by atoms with van der Waals surface area (Å²) in [5.74, 6) is 0.699. The standard InChI is InChI=1S/C17H19N3OS/c1-2-14-6-12-8-18-15(7-16(12)22-14)17(21)19-13-5-11-3-4-20(9-11)10-13/h2,6-8,11,13H,1,3-5,9-10H2,(H,19,21). The monoisotopic (exact) mass is 313 g/mol. The normalized spacial score (nSPS) is 27.0. The Morgan fingerprint density at radius 3 is 3.18 bits per heavy atom. The van der Waals surface area contributed by atoms with E-state index in [1.54, 1.807) is 17.5 Å². The molecule has 2 aromatic heterocycles. The molecule has 0 aromatic carbocycles. The molecule has 3 unspecified atom stereocenters. The highest BCUT2D eigenvalue weighted by molar-refractivity contribution is 7.19. The van der Waals surface area contributed by atoms with Crippen LogP contribution in [0, 0.1) is 5.92 Å². The maximum Gasteiger partial charge on any atom is 0.270 e. The zero-order valence-corrected chi connectivity index (χ0v) is 13.2. The maximum absolute atomic E-state index is 12.5. The topological polar surface area (TPSA) is 45.2 Å². The molecule has 22 heavy (non-hydrogen) atoms. The number of rotatable bonds is 3. The van der Waals surface area contributed by atoms with Crippen molar-refractivity contribution in [2.24, 2.45) is 5.92 Å². The van der Waals surface area contributed by atoms with E-state index in [0.29, 0.717) is 5.69 Å². The van der Waals surface area contributed by atoms with Gasteiger partial charge in [0.15, 0.2) is 0 Å². The van der Waals surface area contributed by atoms with Gasteiger partial charge in [-0.15, -0.1) is 11.3 Å². The molecule has 0 aliphatic carbocycles. The Morgan fingerprint density at radius 2 is 2.36 bits per heavy atom. The van der Waals surface area contributed by atoms with Gasteiger partial charge in [0.2, 0.25) is 0 Å². The number of carbonyl (C=O) groups is 1. The van der Waals surface area contributed by atoms with Crippen molar-refractivity contribution in [1.82, 2.24) is 15.2 Å². The van der Waals surface area contributed by atoms with Crippen molar-refractivity contribution < 1.29 is 4.79 Å². The Hall–Kier alpha value is -1.72. The molecule has 3 atom stereocenters. The SMILES string of the molecule is C=Cc1cc2cnc(C(=O)NC3CC4CCN(C4)C3)cc2s1. The first kappa shape index (κ1) is 13.9. The molecule has 2 saturated heterocycles. The van der Waals surface area contributed by atoms with Crippen LogP contribution in [0.4, 0.5) is 0 Å². The van der Waals surface area contributed by atoms with Gasteiger partial charge in [0.25, 0.3) is 5.91 Å². The molecule has 5 heteroatoms. The van der Waals surface area contributed by atoms with Crippen molar-refractivity contribution in [2.75, 3.05) is 19.6 Å². The van der Waals surface area contributed by atoms with E-state index < -0.39 is 0 Å². The van der Waals surface area contributed by atoms with Gasteiger partial charge < -0.3 is 10.2 Å². The van der Waals surface area contributed by atoms with E-state index in [1.165, 1.54) is 19.5 Å². The molecule has 4 nitrogen and oxygen atoms in total. The summed E-state index contributed by atoms with van der Waals surface area (Å²) in [5, 5.41) is 4.23. The highest BCUT2D eigenvalue weighted by Crippen LogP contribution is 2.28. The van der Waals surface area contributed by atoms with E-state index in [1.807, 2.05) is 18.2 Å². The third-order valence-corrected chi connectivity index (χ3v) is 5.75. The van der Waals surface area contributed by atoms with Crippen LogP contribution in [0.5, 0.6) is 0 Å². The fourth-order valence-corrected chi connectivity index (χ4v) is 4.53. The van der Waals surface area contributed by atoms with Crippen LogP contribution in [0.1, 0.15) is 28.2 Å². The number of amides is 1. The largest absolute Gasteiger partial charge is 0.347 e. The number of aromatic nitrogens is 1. The van der Waals surface area contributed by atoms with Crippen molar-refractivity contribution in [3.63, 3.8) is 0 Å². The van der Waals surface area contributed by atoms with E-state index in [2.05, 4.69) is 21.8 Å². The summed E-state index contributed by atoms with van der Waals surface area (Å²) in [6.45, 7) is 7.15. The van der Waals surface area contributed by atoms with Gasteiger partial charge in [0.1, 0.15) is 5.69 Å². The Morgan fingerprint density at radius 1 is 1.45 bits per heavy atom. The third kappa shape index (κ3) is 2.55. The number of hydrogen-bond donors (Lipinski definition) is 1. The minimum Gasteiger partial charge on any atom is -0.347 e. The number of hydrogen-bond acceptors (Lipinski definition) is 4. The molecule has 0 saturated carbocycles. The van der Waals surface area contributed by atoms with Gasteiger partial charge in [-0.1, -0.05) is 12.7 Å². The lowest BCUT2D eigenvalue weighted by atomic mass is 9.97. The minimum atomic E-state index is -0.0528. The zero-order valence-electron chi connectivity index (χ0n) is 12.4. The number of fused-ring (bicyclic) bond motifs is 3. The summed E-state index contributed by atoms with van der Waals surface area (Å²) in [4.78, 5) is 20.3. The quantitative estimate of drug-likeness (QED) is 0.948. The van der Waals surface area contributed by atoms with E-state index in [4.69, 9.17) is 0 Å². The summed E-state index contributed by atoms with van der Waals surface area (Å²) in [6, 6.07) is 4.20. The average molecular weight is 313 g/mol. The molecule has 0 spiro atoms. The van der Waals surface area contributed by atoms with E-state index in [9.17, 15) is 4.79 Å². The predicted octanol–water partition coefficient (Wildman–Crippen LogP) is 2.76. The summed E-state index contributed by atoms with van der Waals surface area (Å²) in [7, 11) is 0. The summed E-state index contributed by atoms with van der Waals surface area (Å²) >= 11 is 1.64. The van der Waals surface area contributed by atoms with Crippen LogP contribution in [0.25, 0.3) is 16.2 Å². The van der Waals surface area contributed by atoms with Gasteiger partial charge in [-0.2, -0.15) is 0 Å². The summed E-state index contributed by atoms with van der Waals surface area (Å²) < 4.78 is 1.09. The van der Waals surface area contributed by atoms with Gasteiger partial charge in [-0.3, -0.25) is 9.78 Å². The summed E-state index contributed by atoms with van der Waals surface area (Å²) in [6.07, 6.45) is 5.98. The first-order valence-corrected chi connectivity index (χ1v) is 8.58. The second-order valence-corrected chi connectivity index (χ2v) is 7.40. The molecular weight excluding hydrogens is 294 g/mol. The first-order valence-electron chi connectivity index (χ1n) is 7.76. The molecule has 2 aliphatic rings. The van der Waals surface area contributed by atoms with Crippen molar-refractivity contribution in [3.8, 4) is 0 Å². The molecule has 0 radical (unpaired) electrons. The highest BCUT2D eigenvalue weighted by atomic mass is 32.1. The van der Waals surface area contributed by atoms with Crippen LogP contribution in [0.2, 0.25) is 0 Å². The maximum atomic E-state index is 12.5. The van der Waals surface area contributed by atoms with Crippen molar-refractivity contribution in [2.45, 2.75) is 18.9 Å². The molecule has 1 amide bonds. The molecule has 1 N–H and O–H groups in total. The van der Waals surface area contributed by atoms with Crippen LogP contribution in [0.3, 0.4) is 0 Å².